The van der Waals surface area contributed by atoms with E-state index in [1.807, 2.05) is 17.5 Å². The third-order valence-electron chi connectivity index (χ3n) is 4.59. The van der Waals surface area contributed by atoms with Gasteiger partial charge in [0.2, 0.25) is 0 Å². The molecule has 3 nitrogen and oxygen atoms in total. The number of hydrogen-bond acceptors (Lipinski definition) is 3. The number of thiophene rings is 1. The number of halogens is 2. The summed E-state index contributed by atoms with van der Waals surface area (Å²) in [5.74, 6) is -1.63. The molecular formula is C19H21F2NO2S. The monoisotopic (exact) mass is 365 g/mol. The van der Waals surface area contributed by atoms with Crippen molar-refractivity contribution < 1.29 is 18.3 Å². The Morgan fingerprint density at radius 3 is 2.64 bits per heavy atom. The fraction of sp³-hybridized carbons (Fsp3) is 0.421. The predicted molar refractivity (Wildman–Crippen MR) is 93.6 cm³/mol. The Labute approximate surface area is 150 Å². The molecule has 1 N–H and O–H groups in total. The second-order valence-corrected chi connectivity index (χ2v) is 7.36. The van der Waals surface area contributed by atoms with Crippen molar-refractivity contribution in [2.24, 2.45) is 5.92 Å². The predicted octanol–water partition coefficient (Wildman–Crippen LogP) is 4.84. The number of rotatable bonds is 6. The van der Waals surface area contributed by atoms with Crippen LogP contribution in [0.5, 0.6) is 5.75 Å². The average molecular weight is 365 g/mol. The molecule has 3 rings (SSSR count). The Hall–Kier alpha value is -1.95. The van der Waals surface area contributed by atoms with Crippen LogP contribution in [0.2, 0.25) is 0 Å². The molecule has 2 atom stereocenters. The van der Waals surface area contributed by atoms with Crippen LogP contribution in [-0.2, 0) is 4.79 Å². The van der Waals surface area contributed by atoms with Crippen molar-refractivity contribution in [2.75, 3.05) is 0 Å². The van der Waals surface area contributed by atoms with Gasteiger partial charge in [0.1, 0.15) is 5.75 Å². The summed E-state index contributed by atoms with van der Waals surface area (Å²) in [4.78, 5) is 13.7. The van der Waals surface area contributed by atoms with E-state index in [1.165, 1.54) is 18.9 Å². The maximum absolute atomic E-state index is 13.3. The summed E-state index contributed by atoms with van der Waals surface area (Å²) < 4.78 is 31.7. The first-order valence-corrected chi connectivity index (χ1v) is 9.38. The molecule has 0 spiro atoms. The smallest absolute Gasteiger partial charge is 0.261 e. The van der Waals surface area contributed by atoms with E-state index in [0.717, 1.165) is 29.9 Å². The molecule has 1 fully saturated rings. The quantitative estimate of drug-likeness (QED) is 0.795. The average Bonchev–Trinajstić information content (AvgIpc) is 3.29. The van der Waals surface area contributed by atoms with E-state index in [-0.39, 0.29) is 17.7 Å². The SMILES string of the molecule is CC(Oc1ccc(F)c(F)c1)C(=O)NC(c1cccs1)C1CCCC1. The molecule has 0 aliphatic heterocycles. The Morgan fingerprint density at radius 1 is 1.24 bits per heavy atom. The largest absolute Gasteiger partial charge is 0.481 e. The fourth-order valence-electron chi connectivity index (χ4n) is 3.26. The molecule has 1 aliphatic rings. The second kappa shape index (κ2) is 7.95. The molecule has 1 saturated carbocycles. The molecular weight excluding hydrogens is 344 g/mol. The zero-order valence-corrected chi connectivity index (χ0v) is 14.8. The first kappa shape index (κ1) is 17.9. The highest BCUT2D eigenvalue weighted by atomic mass is 32.1. The highest BCUT2D eigenvalue weighted by Crippen LogP contribution is 2.37. The second-order valence-electron chi connectivity index (χ2n) is 6.38. The van der Waals surface area contributed by atoms with E-state index < -0.39 is 17.7 Å². The first-order chi connectivity index (χ1) is 12.0. The lowest BCUT2D eigenvalue weighted by molar-refractivity contribution is -0.128. The lowest BCUT2D eigenvalue weighted by Gasteiger charge is -2.25. The van der Waals surface area contributed by atoms with Gasteiger partial charge in [0.25, 0.3) is 5.91 Å². The van der Waals surface area contributed by atoms with Gasteiger partial charge in [0.15, 0.2) is 17.7 Å². The summed E-state index contributed by atoms with van der Waals surface area (Å²) in [7, 11) is 0. The standard InChI is InChI=1S/C19H21F2NO2S/c1-12(24-14-8-9-15(20)16(21)11-14)19(23)22-18(13-5-2-3-6-13)17-7-4-10-25-17/h4,7-13,18H,2-3,5-6H2,1H3,(H,22,23). The van der Waals surface area contributed by atoms with Crippen molar-refractivity contribution in [3.05, 3.63) is 52.2 Å². The summed E-state index contributed by atoms with van der Waals surface area (Å²) in [5, 5.41) is 5.09. The van der Waals surface area contributed by atoms with Crippen LogP contribution < -0.4 is 10.1 Å². The van der Waals surface area contributed by atoms with Gasteiger partial charge in [-0.25, -0.2) is 8.78 Å². The Morgan fingerprint density at radius 2 is 2.00 bits per heavy atom. The van der Waals surface area contributed by atoms with Gasteiger partial charge in [-0.2, -0.15) is 0 Å². The summed E-state index contributed by atoms with van der Waals surface area (Å²) in [5.41, 5.74) is 0. The number of nitrogens with one attached hydrogen (secondary N) is 1. The number of carbonyl (C=O) groups excluding carboxylic acids is 1. The number of ether oxygens (including phenoxy) is 1. The number of amides is 1. The van der Waals surface area contributed by atoms with Crippen LogP contribution in [0.25, 0.3) is 0 Å². The Balaban J connectivity index is 1.66. The number of benzene rings is 1. The van der Waals surface area contributed by atoms with Crippen LogP contribution in [0.4, 0.5) is 8.78 Å². The van der Waals surface area contributed by atoms with Gasteiger partial charge in [-0.3, -0.25) is 4.79 Å². The van der Waals surface area contributed by atoms with E-state index >= 15 is 0 Å². The first-order valence-electron chi connectivity index (χ1n) is 8.50. The normalized spacial score (nSPS) is 17.2. The lowest BCUT2D eigenvalue weighted by atomic mass is 9.96. The van der Waals surface area contributed by atoms with E-state index in [9.17, 15) is 13.6 Å². The third kappa shape index (κ3) is 4.37. The van der Waals surface area contributed by atoms with Crippen molar-refractivity contribution >= 4 is 17.2 Å². The van der Waals surface area contributed by atoms with Crippen LogP contribution in [0.15, 0.2) is 35.7 Å². The number of carbonyl (C=O) groups is 1. The third-order valence-corrected chi connectivity index (χ3v) is 5.55. The Bertz CT molecular complexity index is 714. The van der Waals surface area contributed by atoms with Gasteiger partial charge >= 0.3 is 0 Å². The number of hydrogen-bond donors (Lipinski definition) is 1. The Kier molecular flexibility index (Phi) is 5.68. The topological polar surface area (TPSA) is 38.3 Å². The summed E-state index contributed by atoms with van der Waals surface area (Å²) in [6.07, 6.45) is 3.77. The van der Waals surface area contributed by atoms with Gasteiger partial charge in [-0.1, -0.05) is 18.9 Å². The zero-order chi connectivity index (χ0) is 17.8. The molecule has 0 bridgehead atoms. The van der Waals surface area contributed by atoms with Crippen molar-refractivity contribution in [1.29, 1.82) is 0 Å². The van der Waals surface area contributed by atoms with Crippen molar-refractivity contribution in [2.45, 2.75) is 44.8 Å². The molecule has 134 valence electrons. The molecule has 25 heavy (non-hydrogen) atoms. The van der Waals surface area contributed by atoms with E-state index in [2.05, 4.69) is 5.32 Å². The fourth-order valence-corrected chi connectivity index (χ4v) is 4.13. The van der Waals surface area contributed by atoms with Crippen LogP contribution in [-0.4, -0.2) is 12.0 Å². The van der Waals surface area contributed by atoms with Gasteiger partial charge in [0, 0.05) is 10.9 Å². The van der Waals surface area contributed by atoms with Crippen LogP contribution in [0.3, 0.4) is 0 Å². The molecule has 1 amide bonds. The van der Waals surface area contributed by atoms with Crippen molar-refractivity contribution in [3.63, 3.8) is 0 Å². The van der Waals surface area contributed by atoms with E-state index in [4.69, 9.17) is 4.74 Å². The van der Waals surface area contributed by atoms with E-state index in [1.54, 1.807) is 18.3 Å². The van der Waals surface area contributed by atoms with Gasteiger partial charge in [-0.05, 0) is 49.3 Å². The summed E-state index contributed by atoms with van der Waals surface area (Å²) >= 11 is 1.63. The highest BCUT2D eigenvalue weighted by Gasteiger charge is 2.30. The molecule has 2 aromatic rings. The lowest BCUT2D eigenvalue weighted by Crippen LogP contribution is -2.40. The van der Waals surface area contributed by atoms with Gasteiger partial charge in [-0.15, -0.1) is 11.3 Å². The summed E-state index contributed by atoms with van der Waals surface area (Å²) in [6.45, 7) is 1.61. The minimum absolute atomic E-state index is 0.0222. The highest BCUT2D eigenvalue weighted by molar-refractivity contribution is 7.10. The van der Waals surface area contributed by atoms with Crippen molar-refractivity contribution in [1.82, 2.24) is 5.32 Å². The van der Waals surface area contributed by atoms with Gasteiger partial charge < -0.3 is 10.1 Å². The van der Waals surface area contributed by atoms with Crippen LogP contribution in [0, 0.1) is 17.6 Å². The molecule has 1 aromatic heterocycles. The molecule has 0 saturated heterocycles. The molecule has 1 heterocycles. The molecule has 2 unspecified atom stereocenters. The molecule has 6 heteroatoms. The minimum Gasteiger partial charge on any atom is -0.481 e. The maximum atomic E-state index is 13.3. The van der Waals surface area contributed by atoms with Crippen LogP contribution in [0.1, 0.15) is 43.5 Å². The van der Waals surface area contributed by atoms with Crippen molar-refractivity contribution in [3.8, 4) is 5.75 Å². The maximum Gasteiger partial charge on any atom is 0.261 e. The minimum atomic E-state index is -0.993. The molecule has 1 aliphatic carbocycles. The van der Waals surface area contributed by atoms with Gasteiger partial charge in [0.05, 0.1) is 6.04 Å². The molecule has 0 radical (unpaired) electrons. The van der Waals surface area contributed by atoms with E-state index in [0.29, 0.717) is 5.92 Å². The summed E-state index contributed by atoms with van der Waals surface area (Å²) in [6, 6.07) is 7.25. The van der Waals surface area contributed by atoms with Crippen LogP contribution >= 0.6 is 11.3 Å². The molecule has 1 aromatic carbocycles. The zero-order valence-electron chi connectivity index (χ0n) is 14.0.